The molecule has 2 aliphatic rings. The number of pyridine rings is 1. The maximum absolute atomic E-state index is 4.27. The van der Waals surface area contributed by atoms with Crippen LogP contribution in [0.1, 0.15) is 24.8 Å². The second-order valence-corrected chi connectivity index (χ2v) is 9.47. The van der Waals surface area contributed by atoms with Gasteiger partial charge in [0.15, 0.2) is 0 Å². The molecule has 0 radical (unpaired) electrons. The second kappa shape index (κ2) is 3.19. The Morgan fingerprint density at radius 1 is 1.07 bits per heavy atom. The van der Waals surface area contributed by atoms with Gasteiger partial charge in [-0.1, -0.05) is 42.6 Å². The number of aromatic nitrogens is 1. The highest BCUT2D eigenvalue weighted by atomic mass is 28.3. The van der Waals surface area contributed by atoms with E-state index in [0.29, 0.717) is 0 Å². The van der Waals surface area contributed by atoms with Crippen molar-refractivity contribution in [2.24, 2.45) is 0 Å². The highest BCUT2D eigenvalue weighted by Gasteiger charge is 2.40. The lowest BCUT2D eigenvalue weighted by molar-refractivity contribution is 0.875. The average Bonchev–Trinajstić information content (AvgIpc) is 2.68. The molecular weight excluding hydrogens is 186 g/mol. The number of fused-ring (bicyclic) bond motifs is 2. The van der Waals surface area contributed by atoms with Gasteiger partial charge < -0.3 is 0 Å². The molecule has 1 spiro atoms. The molecule has 2 heteroatoms. The van der Waals surface area contributed by atoms with Crippen molar-refractivity contribution in [3.05, 3.63) is 24.0 Å². The van der Waals surface area contributed by atoms with Crippen molar-refractivity contribution in [1.29, 1.82) is 0 Å². The van der Waals surface area contributed by atoms with E-state index in [1.165, 1.54) is 25.7 Å². The maximum atomic E-state index is 4.27. The van der Waals surface area contributed by atoms with Gasteiger partial charge in [-0.05, 0) is 18.1 Å². The minimum Gasteiger partial charge on any atom is -0.264 e. The second-order valence-electron chi connectivity index (χ2n) is 4.87. The quantitative estimate of drug-likeness (QED) is 0.590. The fourth-order valence-corrected chi connectivity index (χ4v) is 9.03. The van der Waals surface area contributed by atoms with Crippen LogP contribution < -0.4 is 5.19 Å². The zero-order chi connectivity index (χ0) is 9.43. The summed E-state index contributed by atoms with van der Waals surface area (Å²) < 4.78 is 0. The molecule has 0 N–H and O–H groups in total. The summed E-state index contributed by atoms with van der Waals surface area (Å²) in [5, 5.41) is 1.77. The molecule has 0 amide bonds. The highest BCUT2D eigenvalue weighted by Crippen LogP contribution is 2.37. The van der Waals surface area contributed by atoms with Crippen LogP contribution in [0.3, 0.4) is 0 Å². The lowest BCUT2D eigenvalue weighted by Crippen LogP contribution is -2.49. The molecule has 0 atom stereocenters. The Hall–Kier alpha value is -0.633. The monoisotopic (exact) mass is 203 g/mol. The number of nitrogens with zero attached hydrogens (tertiary/aromatic N) is 1. The predicted octanol–water partition coefficient (Wildman–Crippen LogP) is 2.48. The van der Waals surface area contributed by atoms with E-state index < -0.39 is 8.07 Å². The fraction of sp³-hybridized carbons (Fsp3) is 0.583. The molecule has 1 fully saturated rings. The van der Waals surface area contributed by atoms with E-state index in [1.807, 2.05) is 6.20 Å². The topological polar surface area (TPSA) is 12.9 Å². The van der Waals surface area contributed by atoms with Gasteiger partial charge in [0, 0.05) is 12.4 Å². The Bertz CT molecular complexity index is 342. The Morgan fingerprint density at radius 2 is 1.86 bits per heavy atom. The largest absolute Gasteiger partial charge is 0.264 e. The van der Waals surface area contributed by atoms with Crippen molar-refractivity contribution < 1.29 is 0 Å². The molecule has 0 aliphatic carbocycles. The summed E-state index contributed by atoms with van der Waals surface area (Å²) >= 11 is 0. The summed E-state index contributed by atoms with van der Waals surface area (Å²) in [6.45, 7) is 0. The van der Waals surface area contributed by atoms with Gasteiger partial charge in [0.25, 0.3) is 0 Å². The summed E-state index contributed by atoms with van der Waals surface area (Å²) in [6.07, 6.45) is 9.85. The van der Waals surface area contributed by atoms with Crippen molar-refractivity contribution in [1.82, 2.24) is 4.98 Å². The first-order chi connectivity index (χ1) is 6.91. The van der Waals surface area contributed by atoms with E-state index in [2.05, 4.69) is 17.2 Å². The Labute approximate surface area is 86.6 Å². The van der Waals surface area contributed by atoms with Crippen LogP contribution in [0.4, 0.5) is 0 Å². The van der Waals surface area contributed by atoms with Gasteiger partial charge >= 0.3 is 0 Å². The van der Waals surface area contributed by atoms with Crippen LogP contribution in [0.2, 0.25) is 18.1 Å². The lowest BCUT2D eigenvalue weighted by atomic mass is 10.1. The first-order valence-electron chi connectivity index (χ1n) is 5.84. The van der Waals surface area contributed by atoms with E-state index >= 15 is 0 Å². The molecule has 0 unspecified atom stereocenters. The number of hydrogen-bond acceptors (Lipinski definition) is 1. The van der Waals surface area contributed by atoms with Crippen LogP contribution in [0.15, 0.2) is 18.5 Å². The lowest BCUT2D eigenvalue weighted by Gasteiger charge is -2.33. The molecule has 2 aliphatic heterocycles. The smallest absolute Gasteiger partial charge is 0.0872 e. The van der Waals surface area contributed by atoms with Crippen LogP contribution >= 0.6 is 0 Å². The zero-order valence-corrected chi connectivity index (χ0v) is 9.63. The highest BCUT2D eigenvalue weighted by molar-refractivity contribution is 6.92. The predicted molar refractivity (Wildman–Crippen MR) is 61.6 cm³/mol. The van der Waals surface area contributed by atoms with E-state index in [4.69, 9.17) is 0 Å². The maximum Gasteiger partial charge on any atom is 0.0872 e. The van der Waals surface area contributed by atoms with Crippen LogP contribution in [-0.4, -0.2) is 13.1 Å². The van der Waals surface area contributed by atoms with Crippen LogP contribution in [0.25, 0.3) is 0 Å². The molecule has 3 rings (SSSR count). The average molecular weight is 203 g/mol. The van der Waals surface area contributed by atoms with Gasteiger partial charge in [-0.2, -0.15) is 0 Å². The minimum absolute atomic E-state index is 0.980. The van der Waals surface area contributed by atoms with Crippen LogP contribution in [0, 0.1) is 0 Å². The van der Waals surface area contributed by atoms with Gasteiger partial charge in [0.1, 0.15) is 0 Å². The first kappa shape index (κ1) is 8.66. The zero-order valence-electron chi connectivity index (χ0n) is 8.63. The van der Waals surface area contributed by atoms with E-state index in [0.717, 1.165) is 0 Å². The molecule has 1 saturated heterocycles. The van der Waals surface area contributed by atoms with E-state index in [1.54, 1.807) is 28.9 Å². The Morgan fingerprint density at radius 3 is 2.71 bits per heavy atom. The number of aryl methyl sites for hydroxylation is 1. The summed E-state index contributed by atoms with van der Waals surface area (Å²) in [4.78, 5) is 4.27. The van der Waals surface area contributed by atoms with Crippen molar-refractivity contribution in [3.63, 3.8) is 0 Å². The molecule has 3 heterocycles. The summed E-state index contributed by atoms with van der Waals surface area (Å²) in [6, 6.07) is 7.02. The third-order valence-electron chi connectivity index (χ3n) is 4.14. The normalized spacial score (nSPS) is 23.7. The summed E-state index contributed by atoms with van der Waals surface area (Å²) in [7, 11) is -0.980. The number of rotatable bonds is 0. The molecule has 1 aromatic heterocycles. The Balaban J connectivity index is 2.10. The van der Waals surface area contributed by atoms with Crippen molar-refractivity contribution >= 4 is 13.3 Å². The van der Waals surface area contributed by atoms with Gasteiger partial charge in [0.05, 0.1) is 8.07 Å². The molecule has 0 bridgehead atoms. The van der Waals surface area contributed by atoms with Crippen LogP contribution in [0.5, 0.6) is 0 Å². The van der Waals surface area contributed by atoms with Gasteiger partial charge in [-0.25, -0.2) is 0 Å². The summed E-state index contributed by atoms with van der Waals surface area (Å²) in [5.41, 5.74) is 1.59. The van der Waals surface area contributed by atoms with Crippen molar-refractivity contribution in [2.45, 2.75) is 43.8 Å². The standard InChI is InChI=1S/C12H17NSi/c1-2-8-14(7-1)9-3-4-11-10-13-6-5-12(11)14/h5-6,10H,1-4,7-9H2. The SMILES string of the molecule is c1cc2c(cn1)CCC[Si]21CCCC1. The fourth-order valence-electron chi connectivity index (χ4n) is 3.47. The minimum atomic E-state index is -0.980. The molecule has 0 saturated carbocycles. The van der Waals surface area contributed by atoms with Gasteiger partial charge in [-0.3, -0.25) is 4.98 Å². The van der Waals surface area contributed by atoms with Crippen LogP contribution in [-0.2, 0) is 6.42 Å². The Kier molecular flexibility index (Phi) is 1.98. The molecule has 1 aromatic rings. The van der Waals surface area contributed by atoms with E-state index in [-0.39, 0.29) is 0 Å². The van der Waals surface area contributed by atoms with E-state index in [9.17, 15) is 0 Å². The summed E-state index contributed by atoms with van der Waals surface area (Å²) in [5.74, 6) is 0. The molecule has 0 aromatic carbocycles. The third-order valence-corrected chi connectivity index (χ3v) is 9.70. The molecule has 14 heavy (non-hydrogen) atoms. The van der Waals surface area contributed by atoms with Crippen molar-refractivity contribution in [3.8, 4) is 0 Å². The number of hydrogen-bond donors (Lipinski definition) is 0. The van der Waals surface area contributed by atoms with Gasteiger partial charge in [-0.15, -0.1) is 0 Å². The molecule has 1 nitrogen and oxygen atoms in total. The third kappa shape index (κ3) is 1.17. The molecular formula is C12H17NSi. The van der Waals surface area contributed by atoms with Crippen molar-refractivity contribution in [2.75, 3.05) is 0 Å². The molecule has 74 valence electrons. The van der Waals surface area contributed by atoms with Gasteiger partial charge in [0.2, 0.25) is 0 Å². The first-order valence-corrected chi connectivity index (χ1v) is 8.46.